The molecule has 0 saturated carbocycles. The lowest BCUT2D eigenvalue weighted by Gasteiger charge is -2.21. The fraction of sp³-hybridized carbons (Fsp3) is 0.364. The summed E-state index contributed by atoms with van der Waals surface area (Å²) in [6, 6.07) is 1.48. The number of halogens is 1. The minimum absolute atomic E-state index is 0.0378. The van der Waals surface area contributed by atoms with E-state index in [1.165, 1.54) is 12.1 Å². The summed E-state index contributed by atoms with van der Waals surface area (Å²) in [7, 11) is 2.18. The third-order valence-corrected chi connectivity index (χ3v) is 2.61. The Morgan fingerprint density at radius 2 is 1.95 bits per heavy atom. The van der Waals surface area contributed by atoms with Crippen LogP contribution < -0.4 is 11.1 Å². The molecule has 0 aliphatic heterocycles. The van der Waals surface area contributed by atoms with E-state index in [0.717, 1.165) is 14.2 Å². The summed E-state index contributed by atoms with van der Waals surface area (Å²) in [6.07, 6.45) is -1.78. The molecule has 1 heterocycles. The first kappa shape index (κ1) is 16.0. The van der Waals surface area contributed by atoms with Crippen LogP contribution in [0.4, 0.5) is 11.5 Å². The molecule has 20 heavy (non-hydrogen) atoms. The number of anilines is 2. The van der Waals surface area contributed by atoms with Gasteiger partial charge in [0.25, 0.3) is 0 Å². The van der Waals surface area contributed by atoms with Gasteiger partial charge in [0.2, 0.25) is 0 Å². The zero-order valence-electron chi connectivity index (χ0n) is 10.8. The third kappa shape index (κ3) is 3.72. The van der Waals surface area contributed by atoms with Gasteiger partial charge in [-0.2, -0.15) is 0 Å². The van der Waals surface area contributed by atoms with Gasteiger partial charge in [0.1, 0.15) is 5.15 Å². The fourth-order valence-electron chi connectivity index (χ4n) is 1.36. The van der Waals surface area contributed by atoms with Gasteiger partial charge in [0.05, 0.1) is 19.9 Å². The third-order valence-electron chi connectivity index (χ3n) is 2.40. The number of ether oxygens (including phenoxy) is 2. The van der Waals surface area contributed by atoms with E-state index in [0.29, 0.717) is 0 Å². The number of nitrogens with one attached hydrogen (secondary N) is 1. The molecule has 0 saturated heterocycles. The van der Waals surface area contributed by atoms with Crippen LogP contribution in [0.3, 0.4) is 0 Å². The number of nitrogens with zero attached hydrogens (tertiary/aromatic N) is 1. The molecule has 1 aromatic rings. The van der Waals surface area contributed by atoms with Gasteiger partial charge in [-0.05, 0) is 12.1 Å². The molecule has 0 fully saturated rings. The van der Waals surface area contributed by atoms with E-state index >= 15 is 0 Å². The molecule has 2 atom stereocenters. The zero-order valence-corrected chi connectivity index (χ0v) is 11.5. The van der Waals surface area contributed by atoms with Crippen molar-refractivity contribution in [2.24, 2.45) is 0 Å². The highest BCUT2D eigenvalue weighted by atomic mass is 35.5. The number of aromatic nitrogens is 1. The Kier molecular flexibility index (Phi) is 5.53. The molecule has 0 radical (unpaired) electrons. The fourth-order valence-corrected chi connectivity index (χ4v) is 1.51. The normalized spacial score (nSPS) is 13.2. The molecule has 0 unspecified atom stereocenters. The Hall–Kier alpha value is -2.06. The van der Waals surface area contributed by atoms with Gasteiger partial charge in [0, 0.05) is 0 Å². The molecule has 1 rings (SSSR count). The molecular weight excluding hydrogens is 290 g/mol. The summed E-state index contributed by atoms with van der Waals surface area (Å²) in [6.45, 7) is 0. The number of aliphatic hydroxyl groups is 1. The monoisotopic (exact) mass is 303 g/mol. The van der Waals surface area contributed by atoms with E-state index in [4.69, 9.17) is 17.3 Å². The second-order valence-electron chi connectivity index (χ2n) is 3.68. The van der Waals surface area contributed by atoms with Crippen LogP contribution in [0.2, 0.25) is 5.15 Å². The number of nitrogen functional groups attached to an aromatic ring is 1. The van der Waals surface area contributed by atoms with Crippen LogP contribution >= 0.6 is 11.6 Å². The largest absolute Gasteiger partial charge is 0.467 e. The first-order chi connectivity index (χ1) is 9.40. The SMILES string of the molecule is COC(=O)[C@@H](O)[C@H](Nc1nc(Cl)ccc1N)C(=O)OC. The molecule has 0 aromatic carbocycles. The van der Waals surface area contributed by atoms with Crippen molar-refractivity contribution in [1.29, 1.82) is 0 Å². The lowest BCUT2D eigenvalue weighted by atomic mass is 10.1. The van der Waals surface area contributed by atoms with Crippen LogP contribution in [0.25, 0.3) is 0 Å². The van der Waals surface area contributed by atoms with Gasteiger partial charge in [-0.3, -0.25) is 0 Å². The van der Waals surface area contributed by atoms with Crippen molar-refractivity contribution >= 4 is 35.0 Å². The van der Waals surface area contributed by atoms with Gasteiger partial charge < -0.3 is 25.6 Å². The van der Waals surface area contributed by atoms with Crippen LogP contribution in [0.1, 0.15) is 0 Å². The molecule has 0 amide bonds. The second-order valence-corrected chi connectivity index (χ2v) is 4.07. The van der Waals surface area contributed by atoms with Crippen molar-refractivity contribution in [2.75, 3.05) is 25.3 Å². The summed E-state index contributed by atoms with van der Waals surface area (Å²) in [4.78, 5) is 26.8. The Balaban J connectivity index is 3.03. The van der Waals surface area contributed by atoms with Crippen molar-refractivity contribution < 1.29 is 24.2 Å². The van der Waals surface area contributed by atoms with Crippen molar-refractivity contribution in [3.05, 3.63) is 17.3 Å². The van der Waals surface area contributed by atoms with Crippen LogP contribution in [-0.2, 0) is 19.1 Å². The highest BCUT2D eigenvalue weighted by Crippen LogP contribution is 2.20. The Morgan fingerprint density at radius 1 is 1.35 bits per heavy atom. The van der Waals surface area contributed by atoms with E-state index in [-0.39, 0.29) is 16.7 Å². The highest BCUT2D eigenvalue weighted by Gasteiger charge is 2.34. The summed E-state index contributed by atoms with van der Waals surface area (Å²) in [5, 5.41) is 12.4. The number of carbonyl (C=O) groups is 2. The zero-order chi connectivity index (χ0) is 15.3. The van der Waals surface area contributed by atoms with Crippen LogP contribution in [0.15, 0.2) is 12.1 Å². The lowest BCUT2D eigenvalue weighted by Crippen LogP contribution is -2.46. The maximum atomic E-state index is 11.6. The van der Waals surface area contributed by atoms with Crippen molar-refractivity contribution in [1.82, 2.24) is 4.98 Å². The number of esters is 2. The molecule has 0 aliphatic carbocycles. The predicted molar refractivity (Wildman–Crippen MR) is 71.1 cm³/mol. The van der Waals surface area contributed by atoms with Gasteiger partial charge >= 0.3 is 11.9 Å². The van der Waals surface area contributed by atoms with E-state index < -0.39 is 24.1 Å². The summed E-state index contributed by atoms with van der Waals surface area (Å²) in [5.74, 6) is -1.85. The maximum absolute atomic E-state index is 11.6. The average Bonchev–Trinajstić information content (AvgIpc) is 2.45. The van der Waals surface area contributed by atoms with Crippen LogP contribution in [-0.4, -0.2) is 48.4 Å². The molecule has 8 nitrogen and oxygen atoms in total. The van der Waals surface area contributed by atoms with E-state index in [1.54, 1.807) is 0 Å². The summed E-state index contributed by atoms with van der Waals surface area (Å²) >= 11 is 5.71. The number of carbonyl (C=O) groups excluding carboxylic acids is 2. The minimum atomic E-state index is -1.78. The first-order valence-corrected chi connectivity index (χ1v) is 5.80. The van der Waals surface area contributed by atoms with Gasteiger partial charge in [0.15, 0.2) is 18.0 Å². The Labute approximate surface area is 119 Å². The van der Waals surface area contributed by atoms with Gasteiger partial charge in [-0.25, -0.2) is 14.6 Å². The van der Waals surface area contributed by atoms with E-state index in [2.05, 4.69) is 19.8 Å². The first-order valence-electron chi connectivity index (χ1n) is 5.43. The molecule has 0 aliphatic rings. The van der Waals surface area contributed by atoms with Crippen molar-refractivity contribution in [3.63, 3.8) is 0 Å². The number of aliphatic hydroxyl groups excluding tert-OH is 1. The number of pyridine rings is 1. The molecule has 0 spiro atoms. The molecule has 110 valence electrons. The Morgan fingerprint density at radius 3 is 2.50 bits per heavy atom. The van der Waals surface area contributed by atoms with Gasteiger partial charge in [-0.1, -0.05) is 11.6 Å². The topological polar surface area (TPSA) is 124 Å². The number of methoxy groups -OCH3 is 2. The van der Waals surface area contributed by atoms with Crippen LogP contribution in [0.5, 0.6) is 0 Å². The van der Waals surface area contributed by atoms with Crippen LogP contribution in [0, 0.1) is 0 Å². The Bertz CT molecular complexity index is 511. The number of hydrogen-bond donors (Lipinski definition) is 3. The average molecular weight is 304 g/mol. The predicted octanol–water partition coefficient (Wildman–Crippen LogP) is -0.195. The lowest BCUT2D eigenvalue weighted by molar-refractivity contribution is -0.157. The van der Waals surface area contributed by atoms with E-state index in [9.17, 15) is 14.7 Å². The number of hydrogen-bond acceptors (Lipinski definition) is 8. The molecule has 0 bridgehead atoms. The van der Waals surface area contributed by atoms with Gasteiger partial charge in [-0.15, -0.1) is 0 Å². The molecular formula is C11H14ClN3O5. The highest BCUT2D eigenvalue weighted by molar-refractivity contribution is 6.29. The summed E-state index contributed by atoms with van der Waals surface area (Å²) < 4.78 is 8.86. The molecule has 9 heteroatoms. The quantitative estimate of drug-likeness (QED) is 0.505. The number of nitrogens with two attached hydrogens (primary N) is 1. The standard InChI is InChI=1S/C11H14ClN3O5/c1-19-10(17)7(8(16)11(18)20-2)15-9-5(13)3-4-6(12)14-9/h3-4,7-8,16H,13H2,1-2H3,(H,14,15)/t7-,8-/m0/s1. The molecule has 1 aromatic heterocycles. The molecule has 4 N–H and O–H groups in total. The number of rotatable bonds is 5. The van der Waals surface area contributed by atoms with Crippen molar-refractivity contribution in [2.45, 2.75) is 12.1 Å². The second kappa shape index (κ2) is 6.92. The summed E-state index contributed by atoms with van der Waals surface area (Å²) in [5.41, 5.74) is 5.84. The smallest absolute Gasteiger partial charge is 0.337 e. The van der Waals surface area contributed by atoms with E-state index in [1.807, 2.05) is 0 Å². The maximum Gasteiger partial charge on any atom is 0.337 e. The van der Waals surface area contributed by atoms with Crippen molar-refractivity contribution in [3.8, 4) is 0 Å². The minimum Gasteiger partial charge on any atom is -0.467 e.